The van der Waals surface area contributed by atoms with Gasteiger partial charge in [-0.15, -0.1) is 0 Å². The Morgan fingerprint density at radius 2 is 2.12 bits per heavy atom. The zero-order chi connectivity index (χ0) is 12.2. The van der Waals surface area contributed by atoms with Gasteiger partial charge in [-0.1, -0.05) is 33.6 Å². The molecule has 0 aliphatic heterocycles. The maximum Gasteiger partial charge on any atom is 0.312 e. The van der Waals surface area contributed by atoms with Crippen LogP contribution in [-0.4, -0.2) is 12.6 Å². The molecule has 0 saturated heterocycles. The Hall–Kier alpha value is -0.530. The number of hydrogen-bond donors (Lipinski definition) is 0. The zero-order valence-electron chi connectivity index (χ0n) is 11.2. The van der Waals surface area contributed by atoms with Gasteiger partial charge in [-0.05, 0) is 42.4 Å². The summed E-state index contributed by atoms with van der Waals surface area (Å²) in [7, 11) is 0. The summed E-state index contributed by atoms with van der Waals surface area (Å²) in [6, 6.07) is 0. The van der Waals surface area contributed by atoms with Gasteiger partial charge in [0, 0.05) is 0 Å². The van der Waals surface area contributed by atoms with Crippen LogP contribution in [0.25, 0.3) is 0 Å². The first-order valence-electron chi connectivity index (χ1n) is 7.32. The Bertz CT molecular complexity index is 334. The Balaban J connectivity index is 1.61. The minimum Gasteiger partial charge on any atom is -0.465 e. The van der Waals surface area contributed by atoms with Gasteiger partial charge in [0.15, 0.2) is 0 Å². The highest BCUT2D eigenvalue weighted by molar-refractivity contribution is 5.84. The monoisotopic (exact) mass is 236 g/mol. The summed E-state index contributed by atoms with van der Waals surface area (Å²) in [5.41, 5.74) is -0.0315. The fourth-order valence-electron chi connectivity index (χ4n) is 5.20. The van der Waals surface area contributed by atoms with Crippen LogP contribution in [0.5, 0.6) is 0 Å². The lowest BCUT2D eigenvalue weighted by Gasteiger charge is -2.18. The molecule has 17 heavy (non-hydrogen) atoms. The van der Waals surface area contributed by atoms with E-state index in [2.05, 4.69) is 20.8 Å². The quantitative estimate of drug-likeness (QED) is 0.541. The van der Waals surface area contributed by atoms with Crippen LogP contribution >= 0.6 is 0 Å². The van der Waals surface area contributed by atoms with Gasteiger partial charge in [0.1, 0.15) is 0 Å². The minimum atomic E-state index is -0.0315. The Morgan fingerprint density at radius 1 is 1.35 bits per heavy atom. The van der Waals surface area contributed by atoms with Crippen molar-refractivity contribution in [2.75, 3.05) is 6.61 Å². The molecule has 0 aromatic rings. The van der Waals surface area contributed by atoms with Gasteiger partial charge in [0.2, 0.25) is 0 Å². The summed E-state index contributed by atoms with van der Waals surface area (Å²) in [6.45, 7) is 7.43. The summed E-state index contributed by atoms with van der Waals surface area (Å²) in [5.74, 6) is 3.62. The SMILES string of the molecule is CCCCCOC(=O)C12C(C)C3CC1C2C3C. The molecule has 4 bridgehead atoms. The summed E-state index contributed by atoms with van der Waals surface area (Å²) in [4.78, 5) is 12.3. The van der Waals surface area contributed by atoms with Crippen LogP contribution in [0.15, 0.2) is 0 Å². The second-order valence-corrected chi connectivity index (χ2v) is 6.46. The Morgan fingerprint density at radius 3 is 2.59 bits per heavy atom. The summed E-state index contributed by atoms with van der Waals surface area (Å²) in [6.07, 6.45) is 4.67. The van der Waals surface area contributed by atoms with E-state index in [1.807, 2.05) is 0 Å². The second kappa shape index (κ2) is 3.73. The maximum absolute atomic E-state index is 12.3. The van der Waals surface area contributed by atoms with Gasteiger partial charge < -0.3 is 4.74 Å². The fraction of sp³-hybridized carbons (Fsp3) is 0.933. The number of hydrogen-bond acceptors (Lipinski definition) is 2. The first-order chi connectivity index (χ1) is 8.15. The topological polar surface area (TPSA) is 26.3 Å². The molecule has 6 unspecified atom stereocenters. The van der Waals surface area contributed by atoms with Gasteiger partial charge in [-0.25, -0.2) is 0 Å². The van der Waals surface area contributed by atoms with Crippen molar-refractivity contribution >= 4 is 5.97 Å². The molecule has 2 nitrogen and oxygen atoms in total. The molecule has 0 heterocycles. The third kappa shape index (κ3) is 1.25. The molecule has 0 aromatic heterocycles. The summed E-state index contributed by atoms with van der Waals surface area (Å²) < 4.78 is 5.55. The van der Waals surface area contributed by atoms with Gasteiger partial charge in [-0.2, -0.15) is 0 Å². The average Bonchev–Trinajstić information content (AvgIpc) is 2.61. The molecule has 96 valence electrons. The van der Waals surface area contributed by atoms with Crippen molar-refractivity contribution in [3.63, 3.8) is 0 Å². The lowest BCUT2D eigenvalue weighted by molar-refractivity contribution is -0.152. The van der Waals surface area contributed by atoms with Crippen LogP contribution in [-0.2, 0) is 9.53 Å². The van der Waals surface area contributed by atoms with E-state index < -0.39 is 0 Å². The molecule has 4 rings (SSSR count). The first-order valence-corrected chi connectivity index (χ1v) is 7.32. The number of rotatable bonds is 5. The maximum atomic E-state index is 12.3. The molecule has 0 radical (unpaired) electrons. The van der Waals surface area contributed by atoms with Gasteiger partial charge in [-0.3, -0.25) is 4.79 Å². The third-order valence-electron chi connectivity index (χ3n) is 5.99. The molecule has 4 fully saturated rings. The largest absolute Gasteiger partial charge is 0.465 e. The highest BCUT2D eigenvalue weighted by Crippen LogP contribution is 2.83. The van der Waals surface area contributed by atoms with Crippen LogP contribution < -0.4 is 0 Å². The van der Waals surface area contributed by atoms with E-state index in [9.17, 15) is 4.79 Å². The number of unbranched alkanes of at least 4 members (excludes halogenated alkanes) is 2. The van der Waals surface area contributed by atoms with Crippen LogP contribution in [0.1, 0.15) is 46.5 Å². The highest BCUT2D eigenvalue weighted by atomic mass is 16.5. The standard InChI is InChI=1S/C15H24O2/c1-4-5-6-7-17-14(16)15-10(3)11-8-12(15)13(15)9(11)2/h9-13H,4-8H2,1-3H3. The van der Waals surface area contributed by atoms with E-state index in [1.54, 1.807) is 0 Å². The van der Waals surface area contributed by atoms with E-state index in [0.29, 0.717) is 24.4 Å². The Kier molecular flexibility index (Phi) is 2.53. The van der Waals surface area contributed by atoms with E-state index in [1.165, 1.54) is 19.3 Å². The normalized spacial score (nSPS) is 49.5. The average molecular weight is 236 g/mol. The summed E-state index contributed by atoms with van der Waals surface area (Å²) in [5, 5.41) is 0. The van der Waals surface area contributed by atoms with E-state index in [4.69, 9.17) is 4.74 Å². The van der Waals surface area contributed by atoms with Crippen molar-refractivity contribution < 1.29 is 9.53 Å². The molecule has 2 heteroatoms. The fourth-order valence-corrected chi connectivity index (χ4v) is 5.20. The third-order valence-corrected chi connectivity index (χ3v) is 5.99. The van der Waals surface area contributed by atoms with Crippen molar-refractivity contribution in [1.82, 2.24) is 0 Å². The molecule has 4 saturated carbocycles. The van der Waals surface area contributed by atoms with Crippen LogP contribution in [0.2, 0.25) is 0 Å². The number of carbonyl (C=O) groups excluding carboxylic acids is 1. The zero-order valence-corrected chi connectivity index (χ0v) is 11.2. The molecule has 0 amide bonds. The van der Waals surface area contributed by atoms with Crippen molar-refractivity contribution in [3.8, 4) is 0 Å². The molecule has 6 atom stereocenters. The van der Waals surface area contributed by atoms with E-state index >= 15 is 0 Å². The van der Waals surface area contributed by atoms with Gasteiger partial charge in [0.05, 0.1) is 12.0 Å². The highest BCUT2D eigenvalue weighted by Gasteiger charge is 2.84. The lowest BCUT2D eigenvalue weighted by atomic mass is 9.90. The Labute approximate surface area is 104 Å². The molecule has 0 spiro atoms. The van der Waals surface area contributed by atoms with E-state index in [0.717, 1.165) is 18.3 Å². The second-order valence-electron chi connectivity index (χ2n) is 6.46. The van der Waals surface area contributed by atoms with Crippen molar-refractivity contribution in [3.05, 3.63) is 0 Å². The first kappa shape index (κ1) is 11.6. The smallest absolute Gasteiger partial charge is 0.312 e. The molecule has 4 aliphatic carbocycles. The van der Waals surface area contributed by atoms with E-state index in [-0.39, 0.29) is 11.4 Å². The van der Waals surface area contributed by atoms with Crippen LogP contribution in [0.3, 0.4) is 0 Å². The van der Waals surface area contributed by atoms with Crippen molar-refractivity contribution in [1.29, 1.82) is 0 Å². The molecular weight excluding hydrogens is 212 g/mol. The number of esters is 1. The molecule has 0 aromatic carbocycles. The minimum absolute atomic E-state index is 0.0315. The number of carbonyl (C=O) groups is 1. The van der Waals surface area contributed by atoms with Gasteiger partial charge >= 0.3 is 5.97 Å². The summed E-state index contributed by atoms with van der Waals surface area (Å²) >= 11 is 0. The van der Waals surface area contributed by atoms with Crippen molar-refractivity contribution in [2.24, 2.45) is 35.0 Å². The number of ether oxygens (including phenoxy) is 1. The predicted molar refractivity (Wildman–Crippen MR) is 66.3 cm³/mol. The van der Waals surface area contributed by atoms with Crippen LogP contribution in [0.4, 0.5) is 0 Å². The van der Waals surface area contributed by atoms with Crippen molar-refractivity contribution in [2.45, 2.75) is 46.5 Å². The molecule has 4 aliphatic rings. The molecular formula is C15H24O2. The lowest BCUT2D eigenvalue weighted by Crippen LogP contribution is -2.25. The van der Waals surface area contributed by atoms with Gasteiger partial charge in [0.25, 0.3) is 0 Å². The predicted octanol–water partition coefficient (Wildman–Crippen LogP) is 3.26. The molecule has 0 N–H and O–H groups in total. The van der Waals surface area contributed by atoms with Crippen LogP contribution in [0, 0.1) is 35.0 Å².